The molecule has 0 fully saturated rings. The van der Waals surface area contributed by atoms with Crippen LogP contribution in [0.4, 0.5) is 4.39 Å². The van der Waals surface area contributed by atoms with Gasteiger partial charge in [-0.05, 0) is 37.3 Å². The molecule has 1 aromatic carbocycles. The average molecular weight is 234 g/mol. The molecule has 0 saturated heterocycles. The molecule has 0 spiro atoms. The number of hydrogen-bond donors (Lipinski definition) is 1. The molecule has 1 N–H and O–H groups in total. The molecular formula is C12H11FN2O2. The van der Waals surface area contributed by atoms with E-state index in [-0.39, 0.29) is 11.5 Å². The Balaban J connectivity index is 2.46. The highest BCUT2D eigenvalue weighted by Crippen LogP contribution is 2.19. The van der Waals surface area contributed by atoms with Crippen LogP contribution in [0.1, 0.15) is 17.4 Å². The summed E-state index contributed by atoms with van der Waals surface area (Å²) in [6, 6.07) is 7.27. The van der Waals surface area contributed by atoms with Gasteiger partial charge in [0, 0.05) is 12.1 Å². The van der Waals surface area contributed by atoms with Crippen LogP contribution in [0.15, 0.2) is 30.3 Å². The second-order valence-electron chi connectivity index (χ2n) is 3.54. The number of aromatic carboxylic acids is 1. The Morgan fingerprint density at radius 2 is 2.06 bits per heavy atom. The van der Waals surface area contributed by atoms with E-state index < -0.39 is 5.97 Å². The van der Waals surface area contributed by atoms with Crippen molar-refractivity contribution in [3.05, 3.63) is 41.8 Å². The van der Waals surface area contributed by atoms with Crippen molar-refractivity contribution < 1.29 is 14.3 Å². The fourth-order valence-corrected chi connectivity index (χ4v) is 1.59. The van der Waals surface area contributed by atoms with E-state index in [1.165, 1.54) is 22.9 Å². The lowest BCUT2D eigenvalue weighted by molar-refractivity contribution is 0.0683. The van der Waals surface area contributed by atoms with E-state index in [4.69, 9.17) is 5.11 Å². The lowest BCUT2D eigenvalue weighted by Crippen LogP contribution is -2.07. The second kappa shape index (κ2) is 4.37. The Bertz CT molecular complexity index is 546. The minimum atomic E-state index is -1.02. The smallest absolute Gasteiger partial charge is 0.354 e. The second-order valence-corrected chi connectivity index (χ2v) is 3.54. The van der Waals surface area contributed by atoms with Gasteiger partial charge >= 0.3 is 5.97 Å². The lowest BCUT2D eigenvalue weighted by atomic mass is 10.1. The first-order chi connectivity index (χ1) is 8.11. The molecule has 1 heterocycles. The van der Waals surface area contributed by atoms with Crippen molar-refractivity contribution in [1.29, 1.82) is 0 Å². The SMILES string of the molecule is CCn1nc(-c2ccc(F)cc2)cc1C(=O)O. The van der Waals surface area contributed by atoms with Crippen LogP contribution in [0, 0.1) is 5.82 Å². The zero-order valence-electron chi connectivity index (χ0n) is 9.22. The topological polar surface area (TPSA) is 55.1 Å². The Hall–Kier alpha value is -2.17. The number of aromatic nitrogens is 2. The molecule has 0 amide bonds. The molecule has 17 heavy (non-hydrogen) atoms. The minimum Gasteiger partial charge on any atom is -0.477 e. The number of nitrogens with zero attached hydrogens (tertiary/aromatic N) is 2. The van der Waals surface area contributed by atoms with Gasteiger partial charge in [-0.1, -0.05) is 0 Å². The Morgan fingerprint density at radius 3 is 2.53 bits per heavy atom. The third-order valence-electron chi connectivity index (χ3n) is 2.44. The number of aryl methyl sites for hydroxylation is 1. The molecular weight excluding hydrogens is 223 g/mol. The van der Waals surface area contributed by atoms with Crippen LogP contribution in [0.2, 0.25) is 0 Å². The van der Waals surface area contributed by atoms with Gasteiger partial charge in [0.15, 0.2) is 0 Å². The van der Waals surface area contributed by atoms with E-state index in [1.807, 2.05) is 6.92 Å². The highest BCUT2D eigenvalue weighted by Gasteiger charge is 2.13. The van der Waals surface area contributed by atoms with E-state index >= 15 is 0 Å². The molecule has 0 unspecified atom stereocenters. The number of rotatable bonds is 3. The fourth-order valence-electron chi connectivity index (χ4n) is 1.59. The number of hydrogen-bond acceptors (Lipinski definition) is 2. The quantitative estimate of drug-likeness (QED) is 0.887. The van der Waals surface area contributed by atoms with E-state index in [1.54, 1.807) is 12.1 Å². The fraction of sp³-hybridized carbons (Fsp3) is 0.167. The first-order valence-electron chi connectivity index (χ1n) is 5.19. The van der Waals surface area contributed by atoms with Crippen LogP contribution in [-0.2, 0) is 6.54 Å². The maximum absolute atomic E-state index is 12.8. The summed E-state index contributed by atoms with van der Waals surface area (Å²) in [5, 5.41) is 13.1. The summed E-state index contributed by atoms with van der Waals surface area (Å²) in [5.74, 6) is -1.35. The first kappa shape index (κ1) is 11.3. The summed E-state index contributed by atoms with van der Waals surface area (Å²) in [4.78, 5) is 11.0. The molecule has 1 aromatic heterocycles. The third-order valence-corrected chi connectivity index (χ3v) is 2.44. The lowest BCUT2D eigenvalue weighted by Gasteiger charge is -1.98. The van der Waals surface area contributed by atoms with Gasteiger partial charge in [-0.3, -0.25) is 4.68 Å². The van der Waals surface area contributed by atoms with Crippen LogP contribution < -0.4 is 0 Å². The van der Waals surface area contributed by atoms with Gasteiger partial charge in [0.05, 0.1) is 5.69 Å². The molecule has 0 aliphatic carbocycles. The van der Waals surface area contributed by atoms with Gasteiger partial charge in [-0.25, -0.2) is 9.18 Å². The maximum atomic E-state index is 12.8. The zero-order chi connectivity index (χ0) is 12.4. The Kier molecular flexibility index (Phi) is 2.91. The summed E-state index contributed by atoms with van der Waals surface area (Å²) in [6.45, 7) is 2.29. The summed E-state index contributed by atoms with van der Waals surface area (Å²) < 4.78 is 14.2. The molecule has 88 valence electrons. The number of carboxylic acid groups (broad SMARTS) is 1. The molecule has 0 bridgehead atoms. The maximum Gasteiger partial charge on any atom is 0.354 e. The van der Waals surface area contributed by atoms with Gasteiger partial charge in [-0.2, -0.15) is 5.10 Å². The molecule has 2 rings (SSSR count). The molecule has 4 nitrogen and oxygen atoms in total. The third kappa shape index (κ3) is 2.18. The van der Waals surface area contributed by atoms with E-state index in [9.17, 15) is 9.18 Å². The average Bonchev–Trinajstić information content (AvgIpc) is 2.74. The summed E-state index contributed by atoms with van der Waals surface area (Å²) >= 11 is 0. The van der Waals surface area contributed by atoms with Crippen molar-refractivity contribution in [2.75, 3.05) is 0 Å². The van der Waals surface area contributed by atoms with Gasteiger partial charge < -0.3 is 5.11 Å². The van der Waals surface area contributed by atoms with Crippen LogP contribution >= 0.6 is 0 Å². The van der Waals surface area contributed by atoms with Crippen LogP contribution in [0.25, 0.3) is 11.3 Å². The molecule has 0 radical (unpaired) electrons. The van der Waals surface area contributed by atoms with Crippen molar-refractivity contribution in [1.82, 2.24) is 9.78 Å². The van der Waals surface area contributed by atoms with Crippen LogP contribution in [0.5, 0.6) is 0 Å². The van der Waals surface area contributed by atoms with Gasteiger partial charge in [0.1, 0.15) is 11.5 Å². The zero-order valence-corrected chi connectivity index (χ0v) is 9.22. The normalized spacial score (nSPS) is 10.5. The van der Waals surface area contributed by atoms with E-state index in [2.05, 4.69) is 5.10 Å². The highest BCUT2D eigenvalue weighted by molar-refractivity contribution is 5.87. The Morgan fingerprint density at radius 1 is 1.41 bits per heavy atom. The molecule has 0 saturated carbocycles. The summed E-state index contributed by atoms with van der Waals surface area (Å²) in [6.07, 6.45) is 0. The number of carbonyl (C=O) groups is 1. The van der Waals surface area contributed by atoms with Crippen molar-refractivity contribution in [3.8, 4) is 11.3 Å². The molecule has 0 atom stereocenters. The molecule has 5 heteroatoms. The van der Waals surface area contributed by atoms with Crippen molar-refractivity contribution in [2.45, 2.75) is 13.5 Å². The minimum absolute atomic E-state index is 0.131. The van der Waals surface area contributed by atoms with Crippen molar-refractivity contribution in [3.63, 3.8) is 0 Å². The summed E-state index contributed by atoms with van der Waals surface area (Å²) in [7, 11) is 0. The Labute approximate surface area is 97.3 Å². The number of benzene rings is 1. The van der Waals surface area contributed by atoms with E-state index in [0.29, 0.717) is 17.8 Å². The first-order valence-corrected chi connectivity index (χ1v) is 5.19. The van der Waals surface area contributed by atoms with Gasteiger partial charge in [0.2, 0.25) is 0 Å². The van der Waals surface area contributed by atoms with Crippen LogP contribution in [-0.4, -0.2) is 20.9 Å². The van der Waals surface area contributed by atoms with Crippen LogP contribution in [0.3, 0.4) is 0 Å². The monoisotopic (exact) mass is 234 g/mol. The molecule has 2 aromatic rings. The molecule has 0 aliphatic heterocycles. The van der Waals surface area contributed by atoms with Gasteiger partial charge in [-0.15, -0.1) is 0 Å². The molecule has 0 aliphatic rings. The van der Waals surface area contributed by atoms with E-state index in [0.717, 1.165) is 0 Å². The standard InChI is InChI=1S/C12H11FN2O2/c1-2-15-11(12(16)17)7-10(14-15)8-3-5-9(13)6-4-8/h3-7H,2H2,1H3,(H,16,17). The van der Waals surface area contributed by atoms with Crippen molar-refractivity contribution in [2.24, 2.45) is 0 Å². The van der Waals surface area contributed by atoms with Gasteiger partial charge in [0.25, 0.3) is 0 Å². The van der Waals surface area contributed by atoms with Crippen molar-refractivity contribution >= 4 is 5.97 Å². The number of halogens is 1. The predicted octanol–water partition coefficient (Wildman–Crippen LogP) is 2.41. The highest BCUT2D eigenvalue weighted by atomic mass is 19.1. The largest absolute Gasteiger partial charge is 0.477 e. The predicted molar refractivity (Wildman–Crippen MR) is 60.3 cm³/mol. The summed E-state index contributed by atoms with van der Waals surface area (Å²) in [5.41, 5.74) is 1.36. The number of carboxylic acids is 1.